The first-order chi connectivity index (χ1) is 18.0. The molecule has 0 aliphatic carbocycles. The van der Waals surface area contributed by atoms with Crippen molar-refractivity contribution in [1.29, 1.82) is 0 Å². The van der Waals surface area contributed by atoms with E-state index in [0.717, 1.165) is 55.7 Å². The van der Waals surface area contributed by atoms with Gasteiger partial charge in [-0.25, -0.2) is 9.97 Å². The third-order valence-corrected chi connectivity index (χ3v) is 7.51. The molecule has 3 aromatic carbocycles. The Hall–Kier alpha value is -4.49. The Bertz CT molecular complexity index is 1720. The molecule has 0 spiro atoms. The quantitative estimate of drug-likeness (QED) is 0.344. The van der Waals surface area contributed by atoms with Crippen LogP contribution in [0, 0.1) is 13.8 Å². The number of nitrogens with zero attached hydrogens (tertiary/aromatic N) is 2. The van der Waals surface area contributed by atoms with Gasteiger partial charge in [-0.3, -0.25) is 4.79 Å². The highest BCUT2D eigenvalue weighted by Gasteiger charge is 2.43. The van der Waals surface area contributed by atoms with Crippen LogP contribution in [0.3, 0.4) is 0 Å². The number of amides is 1. The third-order valence-electron chi connectivity index (χ3n) is 7.51. The fraction of sp³-hybridized carbons (Fsp3) is 0.167. The van der Waals surface area contributed by atoms with Crippen LogP contribution in [-0.4, -0.2) is 15.9 Å². The molecule has 0 saturated carbocycles. The van der Waals surface area contributed by atoms with Crippen molar-refractivity contribution in [3.63, 3.8) is 0 Å². The number of carbonyl (C=O) groups excluding carboxylic acids is 1. The smallest absolute Gasteiger partial charge is 0.251 e. The number of ether oxygens (including phenoxy) is 1. The Morgan fingerprint density at radius 2 is 1.76 bits per heavy atom. The van der Waals surface area contributed by atoms with E-state index in [2.05, 4.69) is 39.6 Å². The van der Waals surface area contributed by atoms with E-state index in [0.29, 0.717) is 17.9 Å². The molecule has 5 aromatic rings. The van der Waals surface area contributed by atoms with Gasteiger partial charge in [-0.05, 0) is 83.1 Å². The lowest BCUT2D eigenvalue weighted by Gasteiger charge is -2.18. The molecule has 1 amide bonds. The molecule has 182 valence electrons. The van der Waals surface area contributed by atoms with Crippen LogP contribution in [0.25, 0.3) is 22.2 Å². The van der Waals surface area contributed by atoms with Gasteiger partial charge in [0.25, 0.3) is 5.91 Å². The Morgan fingerprint density at radius 1 is 0.973 bits per heavy atom. The van der Waals surface area contributed by atoms with Gasteiger partial charge in [0, 0.05) is 23.4 Å². The number of rotatable bonds is 4. The number of benzene rings is 3. The molecule has 0 fully saturated rings. The second-order valence-electron chi connectivity index (χ2n) is 9.70. The molecule has 0 saturated heterocycles. The molecule has 2 bridgehead atoms. The number of hydrogen-bond acceptors (Lipinski definition) is 6. The maximum atomic E-state index is 13.1. The number of oxazole rings is 1. The zero-order valence-corrected chi connectivity index (χ0v) is 20.4. The summed E-state index contributed by atoms with van der Waals surface area (Å²) in [6.45, 7) is 4.27. The van der Waals surface area contributed by atoms with Crippen molar-refractivity contribution in [3.8, 4) is 11.1 Å². The van der Waals surface area contributed by atoms with Crippen LogP contribution in [0.5, 0.6) is 0 Å². The molecule has 0 radical (unpaired) electrons. The van der Waals surface area contributed by atoms with Crippen molar-refractivity contribution in [1.82, 2.24) is 15.3 Å². The molecule has 7 rings (SSSR count). The summed E-state index contributed by atoms with van der Waals surface area (Å²) in [5.74, 6) is 0.354. The van der Waals surface area contributed by atoms with E-state index in [4.69, 9.17) is 14.9 Å². The number of para-hydroxylation sites is 1. The lowest BCUT2D eigenvalue weighted by Crippen LogP contribution is -2.24. The van der Waals surface area contributed by atoms with Crippen molar-refractivity contribution in [2.24, 2.45) is 0 Å². The molecule has 2 aliphatic heterocycles. The number of hydrogen-bond donors (Lipinski definition) is 2. The van der Waals surface area contributed by atoms with Crippen LogP contribution in [0.4, 0.5) is 5.82 Å². The zero-order chi connectivity index (χ0) is 25.3. The lowest BCUT2D eigenvalue weighted by molar-refractivity contribution is 0.0857. The molecule has 7 heteroatoms. The fourth-order valence-corrected chi connectivity index (χ4v) is 5.70. The van der Waals surface area contributed by atoms with Gasteiger partial charge in [0.1, 0.15) is 23.5 Å². The first kappa shape index (κ1) is 21.8. The molecule has 2 unspecified atom stereocenters. The van der Waals surface area contributed by atoms with Gasteiger partial charge in [0.05, 0.1) is 0 Å². The van der Waals surface area contributed by atoms with E-state index in [1.807, 2.05) is 50.2 Å². The van der Waals surface area contributed by atoms with Gasteiger partial charge < -0.3 is 20.2 Å². The van der Waals surface area contributed by atoms with Crippen molar-refractivity contribution < 1.29 is 13.9 Å². The minimum atomic E-state index is -0.204. The summed E-state index contributed by atoms with van der Waals surface area (Å²) >= 11 is 0. The standard InChI is InChI=1S/C30H24N4O3/c1-15-10-26(31)34-16(2)24(15)13-32-30(35)18-7-9-21-23(12-18)29-22-11-17(6-8-20(22)28(21)37-29)19-4-3-5-25-27(19)33-14-36-25/h3-12,14,28-29H,13H2,1-2H3,(H2,31,34)(H,32,35). The Morgan fingerprint density at radius 3 is 2.59 bits per heavy atom. The SMILES string of the molecule is Cc1cc(N)nc(C)c1CNC(=O)c1ccc2c(c1)C1OC2c2ccc(-c3cccc4ocnc34)cc21. The maximum Gasteiger partial charge on any atom is 0.251 e. The monoisotopic (exact) mass is 488 g/mol. The van der Waals surface area contributed by atoms with E-state index in [9.17, 15) is 4.79 Å². The second-order valence-corrected chi connectivity index (χ2v) is 9.70. The third kappa shape index (κ3) is 3.35. The van der Waals surface area contributed by atoms with Gasteiger partial charge in [-0.15, -0.1) is 0 Å². The summed E-state index contributed by atoms with van der Waals surface area (Å²) < 4.78 is 11.9. The second kappa shape index (κ2) is 8.01. The lowest BCUT2D eigenvalue weighted by atomic mass is 9.83. The van der Waals surface area contributed by atoms with E-state index < -0.39 is 0 Å². The van der Waals surface area contributed by atoms with Crippen molar-refractivity contribution in [2.75, 3.05) is 5.73 Å². The number of pyridine rings is 1. The summed E-state index contributed by atoms with van der Waals surface area (Å²) in [7, 11) is 0. The largest absolute Gasteiger partial charge is 0.443 e. The maximum absolute atomic E-state index is 13.1. The number of aryl methyl sites for hydroxylation is 2. The summed E-state index contributed by atoms with van der Waals surface area (Å²) in [6, 6.07) is 20.1. The van der Waals surface area contributed by atoms with E-state index in [1.54, 1.807) is 0 Å². The molecule has 2 atom stereocenters. The number of aromatic nitrogens is 2. The molecule has 37 heavy (non-hydrogen) atoms. The van der Waals surface area contributed by atoms with Gasteiger partial charge >= 0.3 is 0 Å². The predicted molar refractivity (Wildman–Crippen MR) is 140 cm³/mol. The summed E-state index contributed by atoms with van der Waals surface area (Å²) in [4.78, 5) is 21.8. The molecule has 2 aliphatic rings. The number of nitrogens with one attached hydrogen (secondary N) is 1. The van der Waals surface area contributed by atoms with Crippen molar-refractivity contribution in [2.45, 2.75) is 32.6 Å². The highest BCUT2D eigenvalue weighted by atomic mass is 16.5. The van der Waals surface area contributed by atoms with Gasteiger partial charge in [0.2, 0.25) is 0 Å². The minimum absolute atomic E-state index is 0.116. The normalized spacial score (nSPS) is 17.1. The van der Waals surface area contributed by atoms with Crippen LogP contribution in [0.2, 0.25) is 0 Å². The summed E-state index contributed by atoms with van der Waals surface area (Å²) in [5, 5.41) is 3.04. The highest BCUT2D eigenvalue weighted by Crippen LogP contribution is 2.55. The number of nitrogens with two attached hydrogens (primary N) is 1. The molecular formula is C30H24N4O3. The van der Waals surface area contributed by atoms with Crippen LogP contribution in [0.1, 0.15) is 61.6 Å². The summed E-state index contributed by atoms with van der Waals surface area (Å²) in [6.07, 6.45) is 1.15. The topological polar surface area (TPSA) is 103 Å². The van der Waals surface area contributed by atoms with Crippen LogP contribution < -0.4 is 11.1 Å². The van der Waals surface area contributed by atoms with E-state index >= 15 is 0 Å². The Kier molecular flexibility index (Phi) is 4.71. The molecule has 3 N–H and O–H groups in total. The molecule has 2 aromatic heterocycles. The van der Waals surface area contributed by atoms with Crippen LogP contribution in [0.15, 0.2) is 71.5 Å². The van der Waals surface area contributed by atoms with E-state index in [-0.39, 0.29) is 18.1 Å². The zero-order valence-electron chi connectivity index (χ0n) is 20.4. The van der Waals surface area contributed by atoms with Gasteiger partial charge in [-0.2, -0.15) is 0 Å². The Labute approximate surface area is 213 Å². The van der Waals surface area contributed by atoms with Crippen LogP contribution >= 0.6 is 0 Å². The Balaban J connectivity index is 1.18. The molecular weight excluding hydrogens is 464 g/mol. The van der Waals surface area contributed by atoms with Crippen molar-refractivity contribution >= 4 is 22.8 Å². The van der Waals surface area contributed by atoms with Crippen LogP contribution in [-0.2, 0) is 11.3 Å². The number of anilines is 1. The number of fused-ring (bicyclic) bond motifs is 9. The van der Waals surface area contributed by atoms with Gasteiger partial charge in [-0.1, -0.05) is 30.3 Å². The molecule has 4 heterocycles. The van der Waals surface area contributed by atoms with Crippen molar-refractivity contribution in [3.05, 3.63) is 112 Å². The number of nitrogen functional groups attached to an aromatic ring is 1. The number of carbonyl (C=O) groups is 1. The fourth-order valence-electron chi connectivity index (χ4n) is 5.70. The first-order valence-corrected chi connectivity index (χ1v) is 12.2. The highest BCUT2D eigenvalue weighted by molar-refractivity contribution is 5.95. The minimum Gasteiger partial charge on any atom is -0.443 e. The predicted octanol–water partition coefficient (Wildman–Crippen LogP) is 5.54. The van der Waals surface area contributed by atoms with Gasteiger partial charge in [0.15, 0.2) is 12.0 Å². The molecule has 7 nitrogen and oxygen atoms in total. The summed E-state index contributed by atoms with van der Waals surface area (Å²) in [5.41, 5.74) is 17.4. The van der Waals surface area contributed by atoms with E-state index in [1.165, 1.54) is 12.0 Å². The average molecular weight is 489 g/mol. The average Bonchev–Trinajstić information content (AvgIpc) is 3.61. The first-order valence-electron chi connectivity index (χ1n) is 12.2.